The lowest BCUT2D eigenvalue weighted by Gasteiger charge is -2.16. The highest BCUT2D eigenvalue weighted by atomic mass is 15.2. The maximum atomic E-state index is 5.63. The van der Waals surface area contributed by atoms with Gasteiger partial charge in [0, 0.05) is 12.4 Å². The minimum Gasteiger partial charge on any atom is -0.270 e. The molecule has 0 amide bonds. The third kappa shape index (κ3) is 2.55. The van der Waals surface area contributed by atoms with Crippen LogP contribution in [0.3, 0.4) is 0 Å². The third-order valence-corrected chi connectivity index (χ3v) is 3.09. The molecule has 0 saturated carbocycles. The van der Waals surface area contributed by atoms with E-state index in [-0.39, 0.29) is 6.04 Å². The highest BCUT2D eigenvalue weighted by molar-refractivity contribution is 5.34. The zero-order chi connectivity index (χ0) is 13.1. The molecule has 0 spiro atoms. The minimum atomic E-state index is -0.176. The van der Waals surface area contributed by atoms with Crippen molar-refractivity contribution in [1.29, 1.82) is 0 Å². The van der Waals surface area contributed by atoms with Gasteiger partial charge in [-0.05, 0) is 43.0 Å². The molecule has 3 N–H and O–H groups in total. The van der Waals surface area contributed by atoms with E-state index in [4.69, 9.17) is 5.84 Å². The maximum absolute atomic E-state index is 5.63. The average molecular weight is 242 g/mol. The van der Waals surface area contributed by atoms with E-state index in [1.807, 2.05) is 6.92 Å². The van der Waals surface area contributed by atoms with Gasteiger partial charge in [-0.2, -0.15) is 0 Å². The summed E-state index contributed by atoms with van der Waals surface area (Å²) < 4.78 is 0. The van der Waals surface area contributed by atoms with Crippen LogP contribution in [0.15, 0.2) is 30.6 Å². The van der Waals surface area contributed by atoms with E-state index in [1.165, 1.54) is 11.1 Å². The molecule has 0 radical (unpaired) electrons. The zero-order valence-electron chi connectivity index (χ0n) is 10.9. The first kappa shape index (κ1) is 12.7. The van der Waals surface area contributed by atoms with E-state index in [9.17, 15) is 0 Å². The fourth-order valence-corrected chi connectivity index (χ4v) is 1.82. The number of hydrogen-bond acceptors (Lipinski definition) is 4. The van der Waals surface area contributed by atoms with Crippen molar-refractivity contribution in [2.75, 3.05) is 0 Å². The van der Waals surface area contributed by atoms with Gasteiger partial charge in [-0.15, -0.1) is 0 Å². The number of aromatic nitrogens is 2. The van der Waals surface area contributed by atoms with Gasteiger partial charge >= 0.3 is 0 Å². The summed E-state index contributed by atoms with van der Waals surface area (Å²) in [7, 11) is 0. The number of rotatable bonds is 3. The van der Waals surface area contributed by atoms with Crippen LogP contribution in [-0.2, 0) is 0 Å². The van der Waals surface area contributed by atoms with Crippen LogP contribution in [0.5, 0.6) is 0 Å². The molecular weight excluding hydrogens is 224 g/mol. The van der Waals surface area contributed by atoms with Crippen LogP contribution in [0.2, 0.25) is 0 Å². The Hall–Kier alpha value is -1.78. The van der Waals surface area contributed by atoms with Crippen molar-refractivity contribution >= 4 is 0 Å². The number of benzene rings is 1. The summed E-state index contributed by atoms with van der Waals surface area (Å²) in [5.41, 5.74) is 7.39. The molecule has 1 heterocycles. The molecule has 4 heteroatoms. The van der Waals surface area contributed by atoms with Gasteiger partial charge in [0.2, 0.25) is 0 Å². The lowest BCUT2D eigenvalue weighted by Crippen LogP contribution is -2.30. The standard InChI is InChI=1S/C14H18N4/c1-9-7-16-14(17-8-9)13(18-15)12-5-4-10(2)11(3)6-12/h4-8,13,18H,15H2,1-3H3. The van der Waals surface area contributed by atoms with E-state index in [0.29, 0.717) is 5.82 Å². The number of nitrogens with two attached hydrogens (primary N) is 1. The third-order valence-electron chi connectivity index (χ3n) is 3.09. The van der Waals surface area contributed by atoms with E-state index in [2.05, 4.69) is 47.4 Å². The zero-order valence-corrected chi connectivity index (χ0v) is 10.9. The SMILES string of the molecule is Cc1cnc(C(NN)c2ccc(C)c(C)c2)nc1. The Bertz CT molecular complexity index is 534. The summed E-state index contributed by atoms with van der Waals surface area (Å²) in [6.45, 7) is 6.14. The molecule has 18 heavy (non-hydrogen) atoms. The largest absolute Gasteiger partial charge is 0.270 e. The predicted molar refractivity (Wildman–Crippen MR) is 71.9 cm³/mol. The molecule has 1 aromatic heterocycles. The summed E-state index contributed by atoms with van der Waals surface area (Å²) in [5.74, 6) is 6.32. The number of nitrogens with one attached hydrogen (secondary N) is 1. The van der Waals surface area contributed by atoms with Crippen molar-refractivity contribution in [3.05, 3.63) is 58.7 Å². The van der Waals surface area contributed by atoms with Crippen LogP contribution in [-0.4, -0.2) is 9.97 Å². The van der Waals surface area contributed by atoms with Crippen LogP contribution in [0.4, 0.5) is 0 Å². The molecule has 0 fully saturated rings. The maximum Gasteiger partial charge on any atom is 0.150 e. The van der Waals surface area contributed by atoms with Crippen molar-refractivity contribution in [2.24, 2.45) is 5.84 Å². The Morgan fingerprint density at radius 3 is 2.28 bits per heavy atom. The van der Waals surface area contributed by atoms with Gasteiger partial charge in [-0.1, -0.05) is 18.2 Å². The average Bonchev–Trinajstić information content (AvgIpc) is 2.37. The minimum absolute atomic E-state index is 0.176. The van der Waals surface area contributed by atoms with Gasteiger partial charge in [0.25, 0.3) is 0 Å². The molecule has 4 nitrogen and oxygen atoms in total. The van der Waals surface area contributed by atoms with Gasteiger partial charge < -0.3 is 0 Å². The van der Waals surface area contributed by atoms with Gasteiger partial charge in [0.05, 0.1) is 0 Å². The normalized spacial score (nSPS) is 12.4. The Labute approximate surface area is 107 Å². The number of hydrazine groups is 1. The lowest BCUT2D eigenvalue weighted by atomic mass is 10.0. The van der Waals surface area contributed by atoms with E-state index in [1.54, 1.807) is 12.4 Å². The molecule has 0 aliphatic heterocycles. The Balaban J connectivity index is 2.38. The second kappa shape index (κ2) is 5.25. The molecule has 1 aromatic carbocycles. The second-order valence-corrected chi connectivity index (χ2v) is 4.56. The fourth-order valence-electron chi connectivity index (χ4n) is 1.82. The van der Waals surface area contributed by atoms with Crippen molar-refractivity contribution in [3.63, 3.8) is 0 Å². The number of aryl methyl sites for hydroxylation is 3. The monoisotopic (exact) mass is 242 g/mol. The first-order chi connectivity index (χ1) is 8.61. The molecule has 0 saturated heterocycles. The van der Waals surface area contributed by atoms with Gasteiger partial charge in [0.1, 0.15) is 6.04 Å². The Morgan fingerprint density at radius 1 is 1.06 bits per heavy atom. The van der Waals surface area contributed by atoms with E-state index < -0.39 is 0 Å². The summed E-state index contributed by atoms with van der Waals surface area (Å²) in [4.78, 5) is 8.65. The van der Waals surface area contributed by atoms with Crippen LogP contribution in [0, 0.1) is 20.8 Å². The Morgan fingerprint density at radius 2 is 1.72 bits per heavy atom. The van der Waals surface area contributed by atoms with Gasteiger partial charge in [-0.25, -0.2) is 15.4 Å². The first-order valence-electron chi connectivity index (χ1n) is 5.93. The Kier molecular flexibility index (Phi) is 3.69. The van der Waals surface area contributed by atoms with Gasteiger partial charge in [0.15, 0.2) is 5.82 Å². The van der Waals surface area contributed by atoms with Crippen LogP contribution >= 0.6 is 0 Å². The number of hydrogen-bond donors (Lipinski definition) is 2. The summed E-state index contributed by atoms with van der Waals surface area (Å²) >= 11 is 0. The van der Waals surface area contributed by atoms with Crippen LogP contribution in [0.1, 0.15) is 34.1 Å². The van der Waals surface area contributed by atoms with Gasteiger partial charge in [-0.3, -0.25) is 5.84 Å². The highest BCUT2D eigenvalue weighted by Crippen LogP contribution is 2.20. The molecule has 2 aromatic rings. The molecule has 0 bridgehead atoms. The lowest BCUT2D eigenvalue weighted by molar-refractivity contribution is 0.600. The quantitative estimate of drug-likeness (QED) is 0.638. The smallest absolute Gasteiger partial charge is 0.150 e. The molecule has 1 atom stereocenters. The van der Waals surface area contributed by atoms with Crippen molar-refractivity contribution in [1.82, 2.24) is 15.4 Å². The second-order valence-electron chi connectivity index (χ2n) is 4.56. The molecule has 94 valence electrons. The van der Waals surface area contributed by atoms with E-state index >= 15 is 0 Å². The van der Waals surface area contributed by atoms with Crippen molar-refractivity contribution < 1.29 is 0 Å². The van der Waals surface area contributed by atoms with Crippen LogP contribution in [0.25, 0.3) is 0 Å². The molecule has 2 rings (SSSR count). The fraction of sp³-hybridized carbons (Fsp3) is 0.286. The molecule has 0 aliphatic carbocycles. The molecule has 0 aliphatic rings. The first-order valence-corrected chi connectivity index (χ1v) is 5.93. The number of nitrogens with zero attached hydrogens (tertiary/aromatic N) is 2. The summed E-state index contributed by atoms with van der Waals surface area (Å²) in [6.07, 6.45) is 3.60. The predicted octanol–water partition coefficient (Wildman–Crippen LogP) is 1.95. The summed E-state index contributed by atoms with van der Waals surface area (Å²) in [5, 5.41) is 0. The summed E-state index contributed by atoms with van der Waals surface area (Å²) in [6, 6.07) is 6.08. The van der Waals surface area contributed by atoms with Crippen molar-refractivity contribution in [3.8, 4) is 0 Å². The van der Waals surface area contributed by atoms with E-state index in [0.717, 1.165) is 11.1 Å². The van der Waals surface area contributed by atoms with Crippen LogP contribution < -0.4 is 11.3 Å². The molecular formula is C14H18N4. The van der Waals surface area contributed by atoms with Crippen molar-refractivity contribution in [2.45, 2.75) is 26.8 Å². The topological polar surface area (TPSA) is 63.8 Å². The molecule has 1 unspecified atom stereocenters. The highest BCUT2D eigenvalue weighted by Gasteiger charge is 2.15.